The molecule has 160 valence electrons. The third-order valence-electron chi connectivity index (χ3n) is 5.88. The van der Waals surface area contributed by atoms with Gasteiger partial charge in [0.1, 0.15) is 5.75 Å². The molecule has 2 aromatic carbocycles. The fourth-order valence-corrected chi connectivity index (χ4v) is 4.52. The molecule has 4 rings (SSSR count). The number of fused-ring (bicyclic) bond motifs is 1. The van der Waals surface area contributed by atoms with E-state index in [0.717, 1.165) is 19.4 Å². The SMILES string of the molecule is O=C(c1ccccc1OC(F)(F)F)N1CCN2C[C@@H](c3ccc(Cl)cc3)CC[C@@H]2C1. The summed E-state index contributed by atoms with van der Waals surface area (Å²) >= 11 is 5.98. The predicted molar refractivity (Wildman–Crippen MR) is 108 cm³/mol. The van der Waals surface area contributed by atoms with Gasteiger partial charge in [-0.15, -0.1) is 13.2 Å². The largest absolute Gasteiger partial charge is 0.573 e. The van der Waals surface area contributed by atoms with Gasteiger partial charge in [0.15, 0.2) is 0 Å². The van der Waals surface area contributed by atoms with Crippen molar-refractivity contribution in [2.75, 3.05) is 26.2 Å². The Hall–Kier alpha value is -2.25. The van der Waals surface area contributed by atoms with Crippen LogP contribution >= 0.6 is 11.6 Å². The molecule has 0 aliphatic carbocycles. The molecule has 0 bridgehead atoms. The highest BCUT2D eigenvalue weighted by molar-refractivity contribution is 6.30. The van der Waals surface area contributed by atoms with Crippen molar-refractivity contribution in [3.63, 3.8) is 0 Å². The number of nitrogens with zero attached hydrogens (tertiary/aromatic N) is 2. The zero-order chi connectivity index (χ0) is 21.3. The number of carbonyl (C=O) groups is 1. The number of hydrogen-bond acceptors (Lipinski definition) is 3. The van der Waals surface area contributed by atoms with Crippen molar-refractivity contribution in [1.29, 1.82) is 0 Å². The third kappa shape index (κ3) is 4.73. The van der Waals surface area contributed by atoms with E-state index in [1.54, 1.807) is 11.0 Å². The van der Waals surface area contributed by atoms with E-state index in [1.165, 1.54) is 23.8 Å². The van der Waals surface area contributed by atoms with Gasteiger partial charge in [-0.05, 0) is 48.6 Å². The second-order valence-corrected chi connectivity index (χ2v) is 8.21. The standard InChI is InChI=1S/C22H22ClF3N2O2/c23-17-8-5-15(6-9-17)16-7-10-18-14-28(12-11-27(18)13-16)21(29)19-3-1-2-4-20(19)30-22(24,25)26/h1-6,8-9,16,18H,7,10-14H2/t16-,18+/m0/s1. The average molecular weight is 439 g/mol. The van der Waals surface area contributed by atoms with Crippen molar-refractivity contribution in [2.24, 2.45) is 0 Å². The summed E-state index contributed by atoms with van der Waals surface area (Å²) in [5, 5.41) is 0.717. The molecule has 0 N–H and O–H groups in total. The van der Waals surface area contributed by atoms with Crippen LogP contribution in [0.15, 0.2) is 48.5 Å². The number of piperidine rings is 1. The van der Waals surface area contributed by atoms with E-state index in [-0.39, 0.29) is 11.6 Å². The summed E-state index contributed by atoms with van der Waals surface area (Å²) in [6.07, 6.45) is -2.91. The summed E-state index contributed by atoms with van der Waals surface area (Å²) in [4.78, 5) is 17.0. The van der Waals surface area contributed by atoms with Gasteiger partial charge in [-0.2, -0.15) is 0 Å². The van der Waals surface area contributed by atoms with Crippen LogP contribution in [0.25, 0.3) is 0 Å². The first kappa shape index (κ1) is 21.0. The van der Waals surface area contributed by atoms with Crippen LogP contribution in [0.4, 0.5) is 13.2 Å². The van der Waals surface area contributed by atoms with Crippen molar-refractivity contribution in [3.05, 3.63) is 64.7 Å². The molecule has 2 heterocycles. The van der Waals surface area contributed by atoms with E-state index in [0.29, 0.717) is 30.6 Å². The van der Waals surface area contributed by atoms with Gasteiger partial charge in [-0.3, -0.25) is 9.69 Å². The van der Waals surface area contributed by atoms with Gasteiger partial charge in [0.25, 0.3) is 5.91 Å². The molecule has 0 radical (unpaired) electrons. The van der Waals surface area contributed by atoms with Crippen molar-refractivity contribution >= 4 is 17.5 Å². The molecular weight excluding hydrogens is 417 g/mol. The van der Waals surface area contributed by atoms with Crippen molar-refractivity contribution < 1.29 is 22.7 Å². The van der Waals surface area contributed by atoms with Crippen LogP contribution in [-0.2, 0) is 0 Å². The number of ether oxygens (including phenoxy) is 1. The maximum absolute atomic E-state index is 12.9. The zero-order valence-electron chi connectivity index (χ0n) is 16.2. The molecule has 2 aliphatic rings. The first-order valence-corrected chi connectivity index (χ1v) is 10.3. The van der Waals surface area contributed by atoms with Gasteiger partial charge in [-0.1, -0.05) is 35.9 Å². The molecule has 8 heteroatoms. The molecule has 2 fully saturated rings. The molecule has 2 aromatic rings. The molecular formula is C22H22ClF3N2O2. The molecule has 0 spiro atoms. The number of amides is 1. The Balaban J connectivity index is 1.42. The Bertz CT molecular complexity index is 904. The minimum absolute atomic E-state index is 0.0573. The normalized spacial score (nSPS) is 22.5. The monoisotopic (exact) mass is 438 g/mol. The highest BCUT2D eigenvalue weighted by Gasteiger charge is 2.37. The molecule has 30 heavy (non-hydrogen) atoms. The van der Waals surface area contributed by atoms with Gasteiger partial charge in [0.05, 0.1) is 5.56 Å². The number of halogens is 4. The van der Waals surface area contributed by atoms with Gasteiger partial charge in [0, 0.05) is 37.2 Å². The molecule has 2 saturated heterocycles. The number of rotatable bonds is 3. The summed E-state index contributed by atoms with van der Waals surface area (Å²) in [6.45, 7) is 2.58. The van der Waals surface area contributed by atoms with Crippen molar-refractivity contribution in [3.8, 4) is 5.75 Å². The summed E-state index contributed by atoms with van der Waals surface area (Å²) < 4.78 is 42.1. The quantitative estimate of drug-likeness (QED) is 0.680. The summed E-state index contributed by atoms with van der Waals surface area (Å²) in [6, 6.07) is 13.7. The summed E-state index contributed by atoms with van der Waals surface area (Å²) in [5.74, 6) is -0.458. The van der Waals surface area contributed by atoms with E-state index in [9.17, 15) is 18.0 Å². The molecule has 4 nitrogen and oxygen atoms in total. The van der Waals surface area contributed by atoms with Crippen LogP contribution < -0.4 is 4.74 Å². The predicted octanol–water partition coefficient (Wildman–Crippen LogP) is 4.94. The number of piperazine rings is 1. The smallest absolute Gasteiger partial charge is 0.405 e. The molecule has 0 aromatic heterocycles. The van der Waals surface area contributed by atoms with Gasteiger partial charge >= 0.3 is 6.36 Å². The van der Waals surface area contributed by atoms with Crippen molar-refractivity contribution in [1.82, 2.24) is 9.80 Å². The Morgan fingerprint density at radius 3 is 2.47 bits per heavy atom. The van der Waals surface area contributed by atoms with Crippen LogP contribution in [0.1, 0.15) is 34.7 Å². The molecule has 1 amide bonds. The summed E-state index contributed by atoms with van der Waals surface area (Å²) in [7, 11) is 0. The second kappa shape index (κ2) is 8.47. The maximum atomic E-state index is 12.9. The van der Waals surface area contributed by atoms with Gasteiger partial charge in [-0.25, -0.2) is 0 Å². The van der Waals surface area contributed by atoms with E-state index in [1.807, 2.05) is 12.1 Å². The molecule has 0 unspecified atom stereocenters. The number of benzene rings is 2. The van der Waals surface area contributed by atoms with Crippen LogP contribution in [0.2, 0.25) is 5.02 Å². The Morgan fingerprint density at radius 2 is 1.73 bits per heavy atom. The Morgan fingerprint density at radius 1 is 1.00 bits per heavy atom. The second-order valence-electron chi connectivity index (χ2n) is 7.77. The zero-order valence-corrected chi connectivity index (χ0v) is 17.0. The number of hydrogen-bond donors (Lipinski definition) is 0. The van der Waals surface area contributed by atoms with Crippen molar-refractivity contribution in [2.45, 2.75) is 31.2 Å². The number of para-hydroxylation sites is 1. The minimum atomic E-state index is -4.84. The molecule has 2 atom stereocenters. The highest BCUT2D eigenvalue weighted by Crippen LogP contribution is 2.33. The van der Waals surface area contributed by atoms with Gasteiger partial charge in [0.2, 0.25) is 0 Å². The fourth-order valence-electron chi connectivity index (χ4n) is 4.39. The van der Waals surface area contributed by atoms with E-state index in [4.69, 9.17) is 11.6 Å². The lowest BCUT2D eigenvalue weighted by molar-refractivity contribution is -0.274. The first-order valence-electron chi connectivity index (χ1n) is 9.94. The highest BCUT2D eigenvalue weighted by atomic mass is 35.5. The minimum Gasteiger partial charge on any atom is -0.405 e. The lowest BCUT2D eigenvalue weighted by Crippen LogP contribution is -2.57. The van der Waals surface area contributed by atoms with Crippen LogP contribution in [0.5, 0.6) is 5.75 Å². The van der Waals surface area contributed by atoms with Crippen LogP contribution in [0, 0.1) is 0 Å². The number of carbonyl (C=O) groups excluding carboxylic acids is 1. The fraction of sp³-hybridized carbons (Fsp3) is 0.409. The lowest BCUT2D eigenvalue weighted by atomic mass is 9.86. The topological polar surface area (TPSA) is 32.8 Å². The Kier molecular flexibility index (Phi) is 5.93. The average Bonchev–Trinajstić information content (AvgIpc) is 2.72. The molecule has 0 saturated carbocycles. The maximum Gasteiger partial charge on any atom is 0.573 e. The van der Waals surface area contributed by atoms with E-state index < -0.39 is 18.0 Å². The first-order chi connectivity index (χ1) is 14.3. The lowest BCUT2D eigenvalue weighted by Gasteiger charge is -2.46. The summed E-state index contributed by atoms with van der Waals surface area (Å²) in [5.41, 5.74) is 1.20. The van der Waals surface area contributed by atoms with E-state index >= 15 is 0 Å². The van der Waals surface area contributed by atoms with Crippen LogP contribution in [0.3, 0.4) is 0 Å². The Labute approximate surface area is 178 Å². The number of alkyl halides is 3. The third-order valence-corrected chi connectivity index (χ3v) is 6.13. The van der Waals surface area contributed by atoms with E-state index in [2.05, 4.69) is 21.8 Å². The molecule has 2 aliphatic heterocycles. The van der Waals surface area contributed by atoms with Crippen LogP contribution in [-0.4, -0.2) is 54.3 Å². The van der Waals surface area contributed by atoms with Gasteiger partial charge < -0.3 is 9.64 Å².